The second kappa shape index (κ2) is 4.72. The summed E-state index contributed by atoms with van der Waals surface area (Å²) < 4.78 is 0. The molecular formula is C14H15N3O. The number of hydrogen-bond donors (Lipinski definition) is 0. The van der Waals surface area contributed by atoms with Crippen molar-refractivity contribution in [2.45, 2.75) is 19.3 Å². The average molecular weight is 241 g/mol. The molecule has 1 aliphatic rings. The summed E-state index contributed by atoms with van der Waals surface area (Å²) in [5.41, 5.74) is 1.37. The Balaban J connectivity index is 2.00. The summed E-state index contributed by atoms with van der Waals surface area (Å²) in [7, 11) is 0. The van der Waals surface area contributed by atoms with Crippen LogP contribution in [0, 0.1) is 0 Å². The van der Waals surface area contributed by atoms with Crippen molar-refractivity contribution in [3.8, 4) is 0 Å². The number of carbonyl (C=O) groups excluding carboxylic acids is 1. The van der Waals surface area contributed by atoms with Crippen molar-refractivity contribution >= 4 is 16.8 Å². The number of amides is 1. The van der Waals surface area contributed by atoms with E-state index in [1.165, 1.54) is 6.42 Å². The normalized spacial score (nSPS) is 15.9. The molecule has 3 rings (SSSR count). The molecule has 1 aliphatic heterocycles. The summed E-state index contributed by atoms with van der Waals surface area (Å²) in [6.07, 6.45) is 8.50. The van der Waals surface area contributed by atoms with E-state index in [2.05, 4.69) is 9.97 Å². The van der Waals surface area contributed by atoms with Gasteiger partial charge >= 0.3 is 0 Å². The Labute approximate surface area is 106 Å². The van der Waals surface area contributed by atoms with Gasteiger partial charge in [-0.3, -0.25) is 14.8 Å². The molecule has 3 heterocycles. The summed E-state index contributed by atoms with van der Waals surface area (Å²) in [6, 6.07) is 3.79. The van der Waals surface area contributed by atoms with Crippen LogP contribution in [0.15, 0.2) is 30.7 Å². The van der Waals surface area contributed by atoms with Crippen molar-refractivity contribution in [2.24, 2.45) is 0 Å². The summed E-state index contributed by atoms with van der Waals surface area (Å²) in [4.78, 5) is 22.8. The second-order valence-electron chi connectivity index (χ2n) is 4.62. The first kappa shape index (κ1) is 11.1. The Hall–Kier alpha value is -1.97. The average Bonchev–Trinajstić information content (AvgIpc) is 2.47. The molecule has 0 bridgehead atoms. The first-order chi connectivity index (χ1) is 8.86. The number of aromatic nitrogens is 2. The summed E-state index contributed by atoms with van der Waals surface area (Å²) >= 11 is 0. The SMILES string of the molecule is O=C(c1cncc2cccnc12)N1CCCCC1. The van der Waals surface area contributed by atoms with Gasteiger partial charge in [0.1, 0.15) is 0 Å². The van der Waals surface area contributed by atoms with Crippen LogP contribution < -0.4 is 0 Å². The van der Waals surface area contributed by atoms with Gasteiger partial charge in [-0.2, -0.15) is 0 Å². The van der Waals surface area contributed by atoms with Crippen molar-refractivity contribution in [2.75, 3.05) is 13.1 Å². The lowest BCUT2D eigenvalue weighted by Crippen LogP contribution is -2.35. The van der Waals surface area contributed by atoms with Crippen LogP contribution in [0.25, 0.3) is 10.9 Å². The highest BCUT2D eigenvalue weighted by Crippen LogP contribution is 2.18. The van der Waals surface area contributed by atoms with Crippen molar-refractivity contribution in [3.05, 3.63) is 36.3 Å². The van der Waals surface area contributed by atoms with Crippen LogP contribution >= 0.6 is 0 Å². The van der Waals surface area contributed by atoms with E-state index in [0.717, 1.165) is 36.8 Å². The molecule has 2 aromatic heterocycles. The van der Waals surface area contributed by atoms with Crippen molar-refractivity contribution < 1.29 is 4.79 Å². The highest BCUT2D eigenvalue weighted by Gasteiger charge is 2.20. The molecular weight excluding hydrogens is 226 g/mol. The lowest BCUT2D eigenvalue weighted by atomic mass is 10.1. The number of rotatable bonds is 1. The van der Waals surface area contributed by atoms with Crippen molar-refractivity contribution in [3.63, 3.8) is 0 Å². The van der Waals surface area contributed by atoms with Gasteiger partial charge in [0.2, 0.25) is 0 Å². The fourth-order valence-corrected chi connectivity index (χ4v) is 2.42. The van der Waals surface area contributed by atoms with Crippen LogP contribution in [0.4, 0.5) is 0 Å². The van der Waals surface area contributed by atoms with Crippen LogP contribution in [-0.2, 0) is 0 Å². The first-order valence-electron chi connectivity index (χ1n) is 6.34. The molecule has 0 N–H and O–H groups in total. The van der Waals surface area contributed by atoms with E-state index in [-0.39, 0.29) is 5.91 Å². The first-order valence-corrected chi connectivity index (χ1v) is 6.34. The minimum absolute atomic E-state index is 0.0616. The van der Waals surface area contributed by atoms with E-state index in [0.29, 0.717) is 5.56 Å². The van der Waals surface area contributed by atoms with Crippen molar-refractivity contribution in [1.29, 1.82) is 0 Å². The molecule has 18 heavy (non-hydrogen) atoms. The fourth-order valence-electron chi connectivity index (χ4n) is 2.42. The Bertz CT molecular complexity index is 571. The molecule has 0 spiro atoms. The van der Waals surface area contributed by atoms with Gasteiger partial charge in [0.05, 0.1) is 11.1 Å². The highest BCUT2D eigenvalue weighted by atomic mass is 16.2. The Kier molecular flexibility index (Phi) is 2.92. The molecule has 1 amide bonds. The maximum absolute atomic E-state index is 12.5. The standard InChI is InChI=1S/C14H15N3O/c18-14(17-7-2-1-3-8-17)12-10-15-9-11-5-4-6-16-13(11)12/h4-6,9-10H,1-3,7-8H2. The number of hydrogen-bond acceptors (Lipinski definition) is 3. The molecule has 0 radical (unpaired) electrons. The van der Waals surface area contributed by atoms with E-state index in [1.54, 1.807) is 18.6 Å². The van der Waals surface area contributed by atoms with Gasteiger partial charge in [-0.05, 0) is 31.4 Å². The lowest BCUT2D eigenvalue weighted by Gasteiger charge is -2.26. The van der Waals surface area contributed by atoms with Crippen molar-refractivity contribution in [1.82, 2.24) is 14.9 Å². The number of carbonyl (C=O) groups is 1. The third kappa shape index (κ3) is 1.94. The smallest absolute Gasteiger partial charge is 0.257 e. The van der Waals surface area contributed by atoms with E-state index in [4.69, 9.17) is 0 Å². The van der Waals surface area contributed by atoms with Crippen LogP contribution in [0.3, 0.4) is 0 Å². The molecule has 4 nitrogen and oxygen atoms in total. The predicted molar refractivity (Wildman–Crippen MR) is 69.3 cm³/mol. The Morgan fingerprint density at radius 1 is 1.17 bits per heavy atom. The molecule has 0 aliphatic carbocycles. The number of pyridine rings is 2. The maximum Gasteiger partial charge on any atom is 0.257 e. The number of piperidine rings is 1. The molecule has 0 unspecified atom stereocenters. The van der Waals surface area contributed by atoms with Crippen LogP contribution in [-0.4, -0.2) is 33.9 Å². The zero-order valence-electron chi connectivity index (χ0n) is 10.2. The third-order valence-electron chi connectivity index (χ3n) is 3.38. The third-order valence-corrected chi connectivity index (χ3v) is 3.38. The van der Waals surface area contributed by atoms with E-state index >= 15 is 0 Å². The number of nitrogens with zero attached hydrogens (tertiary/aromatic N) is 3. The minimum atomic E-state index is 0.0616. The summed E-state index contributed by atoms with van der Waals surface area (Å²) in [5.74, 6) is 0.0616. The molecule has 92 valence electrons. The Morgan fingerprint density at radius 2 is 2.00 bits per heavy atom. The predicted octanol–water partition coefficient (Wildman–Crippen LogP) is 2.26. The van der Waals surface area contributed by atoms with Gasteiger partial charge < -0.3 is 4.90 Å². The quantitative estimate of drug-likeness (QED) is 0.769. The lowest BCUT2D eigenvalue weighted by molar-refractivity contribution is 0.0726. The Morgan fingerprint density at radius 3 is 2.83 bits per heavy atom. The topological polar surface area (TPSA) is 46.1 Å². The highest BCUT2D eigenvalue weighted by molar-refractivity contribution is 6.04. The molecule has 0 saturated carbocycles. The van der Waals surface area contributed by atoms with Gasteiger partial charge in [-0.15, -0.1) is 0 Å². The molecule has 1 fully saturated rings. The summed E-state index contributed by atoms with van der Waals surface area (Å²) in [5, 5.41) is 0.917. The van der Waals surface area contributed by atoms with Crippen LogP contribution in [0.2, 0.25) is 0 Å². The molecule has 0 atom stereocenters. The van der Waals surface area contributed by atoms with Gasteiger partial charge in [0, 0.05) is 37.1 Å². The zero-order valence-corrected chi connectivity index (χ0v) is 10.2. The number of likely N-dealkylation sites (tertiary alicyclic amines) is 1. The molecule has 2 aromatic rings. The van der Waals surface area contributed by atoms with Gasteiger partial charge in [-0.25, -0.2) is 0 Å². The molecule has 1 saturated heterocycles. The summed E-state index contributed by atoms with van der Waals surface area (Å²) in [6.45, 7) is 1.70. The maximum atomic E-state index is 12.5. The minimum Gasteiger partial charge on any atom is -0.339 e. The molecule has 4 heteroatoms. The van der Waals surface area contributed by atoms with Gasteiger partial charge in [0.25, 0.3) is 5.91 Å². The van der Waals surface area contributed by atoms with Gasteiger partial charge in [0.15, 0.2) is 0 Å². The van der Waals surface area contributed by atoms with Crippen LogP contribution in [0.1, 0.15) is 29.6 Å². The molecule has 0 aromatic carbocycles. The zero-order chi connectivity index (χ0) is 12.4. The number of fused-ring (bicyclic) bond motifs is 1. The largest absolute Gasteiger partial charge is 0.339 e. The van der Waals surface area contributed by atoms with Crippen LogP contribution in [0.5, 0.6) is 0 Å². The second-order valence-corrected chi connectivity index (χ2v) is 4.62. The monoisotopic (exact) mass is 241 g/mol. The fraction of sp³-hybridized carbons (Fsp3) is 0.357. The van der Waals surface area contributed by atoms with Gasteiger partial charge in [-0.1, -0.05) is 0 Å². The van der Waals surface area contributed by atoms with E-state index in [1.807, 2.05) is 17.0 Å². The van der Waals surface area contributed by atoms with E-state index in [9.17, 15) is 4.79 Å². The van der Waals surface area contributed by atoms with E-state index < -0.39 is 0 Å².